The predicted molar refractivity (Wildman–Crippen MR) is 76.2 cm³/mol. The third-order valence-corrected chi connectivity index (χ3v) is 3.00. The van der Waals surface area contributed by atoms with Crippen molar-refractivity contribution in [3.05, 3.63) is 53.5 Å². The number of pyridine rings is 1. The van der Waals surface area contributed by atoms with Crippen molar-refractivity contribution in [1.29, 1.82) is 0 Å². The molecule has 0 aliphatic rings. The number of rotatable bonds is 4. The number of anilines is 2. The standard InChI is InChI=1S/C15H18FN3/c1-11-7-12(9-17-2)10-18-15(11)19(3)14-6-4-5-13(16)8-14/h4-8,10,17H,9H2,1-3H3. The molecule has 4 heteroatoms. The molecule has 0 radical (unpaired) electrons. The zero-order valence-electron chi connectivity index (χ0n) is 11.4. The minimum Gasteiger partial charge on any atom is -0.329 e. The van der Waals surface area contributed by atoms with Crippen LogP contribution in [0.15, 0.2) is 36.5 Å². The molecule has 1 aromatic heterocycles. The molecule has 1 N–H and O–H groups in total. The normalized spacial score (nSPS) is 10.5. The highest BCUT2D eigenvalue weighted by Crippen LogP contribution is 2.25. The van der Waals surface area contributed by atoms with Crippen molar-refractivity contribution in [2.75, 3.05) is 19.0 Å². The van der Waals surface area contributed by atoms with Crippen LogP contribution in [-0.4, -0.2) is 19.1 Å². The van der Waals surface area contributed by atoms with Gasteiger partial charge in [0.05, 0.1) is 0 Å². The lowest BCUT2D eigenvalue weighted by Crippen LogP contribution is -2.14. The van der Waals surface area contributed by atoms with Crippen LogP contribution in [0.3, 0.4) is 0 Å². The summed E-state index contributed by atoms with van der Waals surface area (Å²) >= 11 is 0. The molecule has 0 aliphatic heterocycles. The molecule has 0 fully saturated rings. The molecule has 19 heavy (non-hydrogen) atoms. The van der Waals surface area contributed by atoms with Crippen molar-refractivity contribution in [3.8, 4) is 0 Å². The summed E-state index contributed by atoms with van der Waals surface area (Å²) in [6.07, 6.45) is 1.84. The van der Waals surface area contributed by atoms with Crippen molar-refractivity contribution in [3.63, 3.8) is 0 Å². The van der Waals surface area contributed by atoms with Gasteiger partial charge in [0.15, 0.2) is 0 Å². The zero-order valence-corrected chi connectivity index (χ0v) is 11.4. The van der Waals surface area contributed by atoms with Crippen LogP contribution in [0.5, 0.6) is 0 Å². The number of nitrogens with zero attached hydrogens (tertiary/aromatic N) is 2. The Labute approximate surface area is 113 Å². The van der Waals surface area contributed by atoms with E-state index in [1.807, 2.05) is 38.2 Å². The van der Waals surface area contributed by atoms with E-state index < -0.39 is 0 Å². The van der Waals surface area contributed by atoms with E-state index in [-0.39, 0.29) is 5.82 Å². The number of nitrogens with one attached hydrogen (secondary N) is 1. The second kappa shape index (κ2) is 5.80. The van der Waals surface area contributed by atoms with E-state index in [1.54, 1.807) is 6.07 Å². The van der Waals surface area contributed by atoms with Crippen molar-refractivity contribution in [2.24, 2.45) is 0 Å². The molecule has 0 amide bonds. The molecule has 3 nitrogen and oxygen atoms in total. The third kappa shape index (κ3) is 3.09. The molecule has 0 aliphatic carbocycles. The molecule has 0 atom stereocenters. The van der Waals surface area contributed by atoms with E-state index >= 15 is 0 Å². The molecule has 100 valence electrons. The van der Waals surface area contributed by atoms with Gasteiger partial charge in [-0.15, -0.1) is 0 Å². The second-order valence-corrected chi connectivity index (χ2v) is 4.55. The van der Waals surface area contributed by atoms with Crippen LogP contribution in [0.2, 0.25) is 0 Å². The first-order valence-electron chi connectivity index (χ1n) is 6.21. The Morgan fingerprint density at radius 3 is 2.74 bits per heavy atom. The van der Waals surface area contributed by atoms with Crippen molar-refractivity contribution in [2.45, 2.75) is 13.5 Å². The highest BCUT2D eigenvalue weighted by molar-refractivity contribution is 5.62. The van der Waals surface area contributed by atoms with Crippen LogP contribution in [-0.2, 0) is 6.54 Å². The quantitative estimate of drug-likeness (QED) is 0.914. The van der Waals surface area contributed by atoms with E-state index in [2.05, 4.69) is 16.4 Å². The molecule has 0 saturated heterocycles. The first-order chi connectivity index (χ1) is 9.11. The first kappa shape index (κ1) is 13.5. The maximum Gasteiger partial charge on any atom is 0.135 e. The number of benzene rings is 1. The minimum absolute atomic E-state index is 0.242. The van der Waals surface area contributed by atoms with Gasteiger partial charge < -0.3 is 10.2 Å². The highest BCUT2D eigenvalue weighted by Gasteiger charge is 2.09. The maximum absolute atomic E-state index is 13.3. The van der Waals surface area contributed by atoms with E-state index in [1.165, 1.54) is 12.1 Å². The van der Waals surface area contributed by atoms with Gasteiger partial charge in [-0.1, -0.05) is 6.07 Å². The van der Waals surface area contributed by atoms with Crippen LogP contribution in [0.1, 0.15) is 11.1 Å². The number of aryl methyl sites for hydroxylation is 1. The maximum atomic E-state index is 13.3. The van der Waals surface area contributed by atoms with Crippen LogP contribution in [0, 0.1) is 12.7 Å². The molecule has 1 aromatic carbocycles. The second-order valence-electron chi connectivity index (χ2n) is 4.55. The lowest BCUT2D eigenvalue weighted by Gasteiger charge is -2.20. The first-order valence-corrected chi connectivity index (χ1v) is 6.21. The number of halogens is 1. The summed E-state index contributed by atoms with van der Waals surface area (Å²) in [5.74, 6) is 0.597. The average molecular weight is 259 g/mol. The van der Waals surface area contributed by atoms with Gasteiger partial charge in [-0.25, -0.2) is 9.37 Å². The fraction of sp³-hybridized carbons (Fsp3) is 0.267. The number of aromatic nitrogens is 1. The van der Waals surface area contributed by atoms with Gasteiger partial charge in [-0.3, -0.25) is 0 Å². The van der Waals surface area contributed by atoms with Gasteiger partial charge in [-0.05, 0) is 49.4 Å². The van der Waals surface area contributed by atoms with Crippen molar-refractivity contribution < 1.29 is 4.39 Å². The molecular weight excluding hydrogens is 241 g/mol. The Bertz CT molecular complexity index is 569. The van der Waals surface area contributed by atoms with Crippen molar-refractivity contribution in [1.82, 2.24) is 10.3 Å². The Balaban J connectivity index is 2.31. The van der Waals surface area contributed by atoms with Crippen LogP contribution >= 0.6 is 0 Å². The topological polar surface area (TPSA) is 28.2 Å². The van der Waals surface area contributed by atoms with Gasteiger partial charge >= 0.3 is 0 Å². The lowest BCUT2D eigenvalue weighted by molar-refractivity contribution is 0.628. The Morgan fingerprint density at radius 2 is 2.11 bits per heavy atom. The Morgan fingerprint density at radius 1 is 1.32 bits per heavy atom. The fourth-order valence-corrected chi connectivity index (χ4v) is 2.08. The summed E-state index contributed by atoms with van der Waals surface area (Å²) in [5.41, 5.74) is 2.99. The van der Waals surface area contributed by atoms with Crippen molar-refractivity contribution >= 4 is 11.5 Å². The highest BCUT2D eigenvalue weighted by atomic mass is 19.1. The fourth-order valence-electron chi connectivity index (χ4n) is 2.08. The SMILES string of the molecule is CNCc1cnc(N(C)c2cccc(F)c2)c(C)c1. The molecular formula is C15H18FN3. The summed E-state index contributed by atoms with van der Waals surface area (Å²) in [4.78, 5) is 6.36. The molecule has 0 bridgehead atoms. The molecule has 1 heterocycles. The predicted octanol–water partition coefficient (Wildman–Crippen LogP) is 3.02. The van der Waals surface area contributed by atoms with E-state index in [0.29, 0.717) is 0 Å². The van der Waals surface area contributed by atoms with Gasteiger partial charge in [0.2, 0.25) is 0 Å². The molecule has 0 unspecified atom stereocenters. The molecule has 2 rings (SSSR count). The smallest absolute Gasteiger partial charge is 0.135 e. The summed E-state index contributed by atoms with van der Waals surface area (Å²) in [7, 11) is 3.80. The summed E-state index contributed by atoms with van der Waals surface area (Å²) < 4.78 is 13.3. The monoisotopic (exact) mass is 259 g/mol. The summed E-state index contributed by atoms with van der Waals surface area (Å²) in [6, 6.07) is 8.60. The third-order valence-electron chi connectivity index (χ3n) is 3.00. The van der Waals surface area contributed by atoms with Crippen LogP contribution in [0.25, 0.3) is 0 Å². The minimum atomic E-state index is -0.242. The van der Waals surface area contributed by atoms with Gasteiger partial charge in [0, 0.05) is 25.5 Å². The van der Waals surface area contributed by atoms with E-state index in [4.69, 9.17) is 0 Å². The molecule has 0 saturated carbocycles. The van der Waals surface area contributed by atoms with E-state index in [0.717, 1.165) is 29.2 Å². The summed E-state index contributed by atoms with van der Waals surface area (Å²) in [5, 5.41) is 3.10. The zero-order chi connectivity index (χ0) is 13.8. The van der Waals surface area contributed by atoms with Gasteiger partial charge in [0.25, 0.3) is 0 Å². The lowest BCUT2D eigenvalue weighted by atomic mass is 10.2. The Kier molecular flexibility index (Phi) is 4.12. The van der Waals surface area contributed by atoms with Gasteiger partial charge in [-0.2, -0.15) is 0 Å². The average Bonchev–Trinajstić information content (AvgIpc) is 2.38. The number of hydrogen-bond acceptors (Lipinski definition) is 3. The summed E-state index contributed by atoms with van der Waals surface area (Å²) in [6.45, 7) is 2.80. The number of hydrogen-bond donors (Lipinski definition) is 1. The van der Waals surface area contributed by atoms with Gasteiger partial charge in [0.1, 0.15) is 11.6 Å². The molecule has 2 aromatic rings. The van der Waals surface area contributed by atoms with Crippen LogP contribution < -0.4 is 10.2 Å². The largest absolute Gasteiger partial charge is 0.329 e. The molecule has 0 spiro atoms. The van der Waals surface area contributed by atoms with Crippen LogP contribution in [0.4, 0.5) is 15.9 Å². The van der Waals surface area contributed by atoms with E-state index in [9.17, 15) is 4.39 Å². The Hall–Kier alpha value is -1.94.